The molecule has 0 radical (unpaired) electrons. The maximum Gasteiger partial charge on any atom is 0.319 e. The number of hydrogen-bond acceptors (Lipinski definition) is 4. The highest BCUT2D eigenvalue weighted by Gasteiger charge is 2.38. The van der Waals surface area contributed by atoms with Gasteiger partial charge in [0.2, 0.25) is 0 Å². The monoisotopic (exact) mass is 441 g/mol. The van der Waals surface area contributed by atoms with Gasteiger partial charge in [-0.1, -0.05) is 31.4 Å². The Bertz CT molecular complexity index is 910. The molecule has 6 nitrogen and oxygen atoms in total. The fourth-order valence-corrected chi connectivity index (χ4v) is 5.74. The first-order valence-corrected chi connectivity index (χ1v) is 12.1. The molecule has 166 valence electrons. The Kier molecular flexibility index (Phi) is 6.60. The van der Waals surface area contributed by atoms with Crippen LogP contribution in [0.3, 0.4) is 0 Å². The first-order valence-electron chi connectivity index (χ1n) is 11.3. The van der Waals surface area contributed by atoms with Crippen LogP contribution in [0.25, 0.3) is 10.4 Å². The first kappa shape index (κ1) is 21.8. The van der Waals surface area contributed by atoms with Crippen molar-refractivity contribution in [2.45, 2.75) is 76.7 Å². The number of nitrogens with one attached hydrogen (secondary N) is 2. The number of anilines is 1. The van der Waals surface area contributed by atoms with Crippen molar-refractivity contribution in [2.24, 2.45) is 5.41 Å². The maximum absolute atomic E-state index is 12.2. The number of carbonyl (C=O) groups excluding carboxylic acids is 1. The molecular formula is C24H31N3O3S. The minimum absolute atomic E-state index is 0.134. The molecule has 2 fully saturated rings. The van der Waals surface area contributed by atoms with Gasteiger partial charge in [0, 0.05) is 23.8 Å². The third-order valence-electron chi connectivity index (χ3n) is 6.85. The molecule has 7 heteroatoms. The van der Waals surface area contributed by atoms with E-state index in [0.717, 1.165) is 46.8 Å². The molecule has 2 aliphatic rings. The number of nitrogens with zero attached hydrogens (tertiary/aromatic N) is 1. The van der Waals surface area contributed by atoms with Crippen molar-refractivity contribution in [3.8, 4) is 10.4 Å². The maximum atomic E-state index is 12.2. The smallest absolute Gasteiger partial charge is 0.319 e. The van der Waals surface area contributed by atoms with Crippen molar-refractivity contribution in [3.05, 3.63) is 35.5 Å². The lowest BCUT2D eigenvalue weighted by atomic mass is 9.72. The summed E-state index contributed by atoms with van der Waals surface area (Å²) in [5.41, 5.74) is 1.26. The molecule has 1 aromatic carbocycles. The summed E-state index contributed by atoms with van der Waals surface area (Å²) in [5, 5.41) is 16.5. The number of rotatable bonds is 5. The number of thiazole rings is 1. The van der Waals surface area contributed by atoms with Gasteiger partial charge in [-0.25, -0.2) is 9.78 Å². The van der Waals surface area contributed by atoms with E-state index >= 15 is 0 Å². The Morgan fingerprint density at radius 3 is 2.39 bits per heavy atom. The van der Waals surface area contributed by atoms with Crippen molar-refractivity contribution >= 4 is 29.0 Å². The highest BCUT2D eigenvalue weighted by Crippen LogP contribution is 2.44. The highest BCUT2D eigenvalue weighted by atomic mass is 32.1. The molecule has 0 unspecified atom stereocenters. The highest BCUT2D eigenvalue weighted by molar-refractivity contribution is 7.15. The van der Waals surface area contributed by atoms with Gasteiger partial charge in [0.25, 0.3) is 0 Å². The van der Waals surface area contributed by atoms with Crippen LogP contribution in [0.5, 0.6) is 0 Å². The number of aromatic nitrogens is 1. The number of carbonyl (C=O) groups is 2. The first-order chi connectivity index (χ1) is 14.9. The quantitative estimate of drug-likeness (QED) is 0.530. The second-order valence-corrected chi connectivity index (χ2v) is 10.3. The molecule has 4 rings (SSSR count). The number of benzene rings is 1. The summed E-state index contributed by atoms with van der Waals surface area (Å²) in [6, 6.07) is 8.02. The minimum atomic E-state index is -0.688. The summed E-state index contributed by atoms with van der Waals surface area (Å²) in [4.78, 5) is 29.4. The zero-order valence-electron chi connectivity index (χ0n) is 18.0. The van der Waals surface area contributed by atoms with Crippen LogP contribution in [-0.4, -0.2) is 28.1 Å². The van der Waals surface area contributed by atoms with E-state index in [2.05, 4.69) is 15.6 Å². The predicted octanol–water partition coefficient (Wildman–Crippen LogP) is 6.01. The van der Waals surface area contributed by atoms with E-state index in [9.17, 15) is 14.7 Å². The molecule has 2 amide bonds. The molecule has 2 saturated carbocycles. The molecule has 0 atom stereocenters. The average molecular weight is 442 g/mol. The van der Waals surface area contributed by atoms with Crippen molar-refractivity contribution in [3.63, 3.8) is 0 Å². The summed E-state index contributed by atoms with van der Waals surface area (Å²) in [7, 11) is 0. The molecular weight excluding hydrogens is 410 g/mol. The normalized spacial score (nSPS) is 24.5. The van der Waals surface area contributed by atoms with Gasteiger partial charge < -0.3 is 15.7 Å². The van der Waals surface area contributed by atoms with Gasteiger partial charge in [0.05, 0.1) is 15.3 Å². The molecule has 0 bridgehead atoms. The molecule has 2 aliphatic carbocycles. The topological polar surface area (TPSA) is 91.3 Å². The van der Waals surface area contributed by atoms with Crippen LogP contribution in [-0.2, 0) is 4.79 Å². The predicted molar refractivity (Wildman–Crippen MR) is 124 cm³/mol. The Balaban J connectivity index is 1.33. The van der Waals surface area contributed by atoms with Crippen LogP contribution in [0.4, 0.5) is 10.5 Å². The van der Waals surface area contributed by atoms with Gasteiger partial charge in [-0.15, -0.1) is 11.3 Å². The van der Waals surface area contributed by atoms with E-state index in [4.69, 9.17) is 0 Å². The molecule has 3 N–H and O–H groups in total. The van der Waals surface area contributed by atoms with E-state index < -0.39 is 11.4 Å². The lowest BCUT2D eigenvalue weighted by Gasteiger charge is -2.32. The summed E-state index contributed by atoms with van der Waals surface area (Å²) in [6.07, 6.45) is 10.8. The van der Waals surface area contributed by atoms with Crippen molar-refractivity contribution < 1.29 is 14.7 Å². The number of carboxylic acid groups (broad SMARTS) is 1. The van der Waals surface area contributed by atoms with Gasteiger partial charge in [0.15, 0.2) is 0 Å². The molecule has 1 heterocycles. The lowest BCUT2D eigenvalue weighted by Crippen LogP contribution is -2.38. The fourth-order valence-electron chi connectivity index (χ4n) is 4.64. The number of urea groups is 1. The summed E-state index contributed by atoms with van der Waals surface area (Å²) < 4.78 is 0. The molecule has 31 heavy (non-hydrogen) atoms. The van der Waals surface area contributed by atoms with Crippen LogP contribution in [0.15, 0.2) is 30.5 Å². The van der Waals surface area contributed by atoms with Crippen LogP contribution in [0.1, 0.15) is 75.6 Å². The number of amides is 2. The Morgan fingerprint density at radius 1 is 1.06 bits per heavy atom. The number of aliphatic carboxylic acids is 1. The van der Waals surface area contributed by atoms with Crippen LogP contribution >= 0.6 is 11.3 Å². The van der Waals surface area contributed by atoms with Crippen LogP contribution in [0.2, 0.25) is 0 Å². The third-order valence-corrected chi connectivity index (χ3v) is 8.05. The van der Waals surface area contributed by atoms with Crippen molar-refractivity contribution in [2.75, 3.05) is 5.32 Å². The van der Waals surface area contributed by atoms with E-state index in [-0.39, 0.29) is 12.1 Å². The zero-order valence-corrected chi connectivity index (χ0v) is 18.8. The summed E-state index contributed by atoms with van der Waals surface area (Å²) in [5.74, 6) is -0.345. The summed E-state index contributed by atoms with van der Waals surface area (Å²) >= 11 is 1.69. The van der Waals surface area contributed by atoms with E-state index in [1.54, 1.807) is 11.3 Å². The SMILES string of the molecule is CC1(C(=O)O)CCC(c2ncc(-c3ccc(NC(=O)NC4CCCCC4)cc3)s2)CC1. The molecule has 0 saturated heterocycles. The van der Waals surface area contributed by atoms with Gasteiger partial charge in [0.1, 0.15) is 0 Å². The van der Waals surface area contributed by atoms with Crippen LogP contribution in [0, 0.1) is 5.41 Å². The summed E-state index contributed by atoms with van der Waals surface area (Å²) in [6.45, 7) is 1.85. The second-order valence-electron chi connectivity index (χ2n) is 9.21. The van der Waals surface area contributed by atoms with Crippen molar-refractivity contribution in [1.29, 1.82) is 0 Å². The fraction of sp³-hybridized carbons (Fsp3) is 0.542. The molecule has 1 aromatic heterocycles. The molecule has 2 aromatic rings. The Labute approximate surface area is 187 Å². The largest absolute Gasteiger partial charge is 0.481 e. The van der Waals surface area contributed by atoms with Gasteiger partial charge in [-0.05, 0) is 63.1 Å². The average Bonchev–Trinajstić information content (AvgIpc) is 3.25. The van der Waals surface area contributed by atoms with Gasteiger partial charge in [-0.2, -0.15) is 0 Å². The van der Waals surface area contributed by atoms with Crippen LogP contribution < -0.4 is 10.6 Å². The Hall–Kier alpha value is -2.41. The minimum Gasteiger partial charge on any atom is -0.481 e. The number of carboxylic acids is 1. The Morgan fingerprint density at radius 2 is 1.74 bits per heavy atom. The van der Waals surface area contributed by atoms with Crippen molar-refractivity contribution in [1.82, 2.24) is 10.3 Å². The standard InChI is InChI=1S/C24H31N3O3S/c1-24(22(28)29)13-11-17(12-14-24)21-25-15-20(31-21)16-7-9-19(10-8-16)27-23(30)26-18-5-3-2-4-6-18/h7-10,15,17-18H,2-6,11-14H2,1H3,(H,28,29)(H2,26,27,30). The van der Waals surface area contributed by atoms with E-state index in [1.165, 1.54) is 19.3 Å². The zero-order chi connectivity index (χ0) is 21.8. The molecule has 0 aliphatic heterocycles. The third kappa shape index (κ3) is 5.26. The number of hydrogen-bond donors (Lipinski definition) is 3. The van der Waals surface area contributed by atoms with Gasteiger partial charge >= 0.3 is 12.0 Å². The lowest BCUT2D eigenvalue weighted by molar-refractivity contribution is -0.149. The van der Waals surface area contributed by atoms with E-state index in [1.807, 2.05) is 37.4 Å². The second kappa shape index (κ2) is 9.39. The molecule has 0 spiro atoms. The van der Waals surface area contributed by atoms with Gasteiger partial charge in [-0.3, -0.25) is 4.79 Å². The van der Waals surface area contributed by atoms with E-state index in [0.29, 0.717) is 18.8 Å².